The van der Waals surface area contributed by atoms with Crippen LogP contribution in [-0.2, 0) is 0 Å². The van der Waals surface area contributed by atoms with Crippen molar-refractivity contribution in [1.29, 1.82) is 0 Å². The van der Waals surface area contributed by atoms with Crippen LogP contribution in [0.3, 0.4) is 0 Å². The summed E-state index contributed by atoms with van der Waals surface area (Å²) < 4.78 is 7.31. The molecule has 0 saturated heterocycles. The fourth-order valence-corrected chi connectivity index (χ4v) is 1.40. The Morgan fingerprint density at radius 2 is 2.13 bits per heavy atom. The molecule has 0 aliphatic rings. The molecule has 0 atom stereocenters. The maximum atomic E-state index is 5.70. The second-order valence-corrected chi connectivity index (χ2v) is 3.36. The third-order valence-electron chi connectivity index (χ3n) is 2.34. The summed E-state index contributed by atoms with van der Waals surface area (Å²) in [6.07, 6.45) is 3.76. The van der Waals surface area contributed by atoms with E-state index in [4.69, 9.17) is 4.74 Å². The molecule has 0 saturated carbocycles. The lowest BCUT2D eigenvalue weighted by Crippen LogP contribution is -2.15. The first-order valence-corrected chi connectivity index (χ1v) is 5.17. The summed E-state index contributed by atoms with van der Waals surface area (Å²) in [4.78, 5) is 0. The van der Waals surface area contributed by atoms with Gasteiger partial charge in [0, 0.05) is 6.07 Å². The highest BCUT2D eigenvalue weighted by Gasteiger charge is 2.07. The smallest absolute Gasteiger partial charge is 0.232 e. The van der Waals surface area contributed by atoms with Crippen molar-refractivity contribution < 1.29 is 4.74 Å². The zero-order chi connectivity index (χ0) is 10.7. The van der Waals surface area contributed by atoms with Crippen LogP contribution in [0, 0.1) is 0 Å². The molecule has 0 aromatic carbocycles. The Hall–Kier alpha value is -1.65. The fourth-order valence-electron chi connectivity index (χ4n) is 1.40. The molecular weight excluding hydrogens is 192 g/mol. The van der Waals surface area contributed by atoms with E-state index in [1.54, 1.807) is 10.8 Å². The molecule has 0 N–H and O–H groups in total. The van der Waals surface area contributed by atoms with E-state index in [2.05, 4.69) is 29.1 Å². The Kier molecular flexibility index (Phi) is 2.80. The molecule has 2 heterocycles. The molecule has 15 heavy (non-hydrogen) atoms. The van der Waals surface area contributed by atoms with Crippen LogP contribution < -0.4 is 4.74 Å². The predicted molar refractivity (Wildman–Crippen MR) is 55.8 cm³/mol. The summed E-state index contributed by atoms with van der Waals surface area (Å²) in [5.74, 6) is 0.621. The van der Waals surface area contributed by atoms with Crippen LogP contribution in [0.5, 0.6) is 5.88 Å². The predicted octanol–water partition coefficient (Wildman–Crippen LogP) is 1.69. The second kappa shape index (κ2) is 4.25. The molecule has 80 valence electrons. The van der Waals surface area contributed by atoms with Crippen molar-refractivity contribution in [2.24, 2.45) is 0 Å². The summed E-state index contributed by atoms with van der Waals surface area (Å²) in [7, 11) is 0. The highest BCUT2D eigenvalue weighted by atomic mass is 16.5. The standard InChI is InChI=1S/C10H14N4O/c1-3-8(4-2)15-10-6-5-9-12-11-7-14(9)13-10/h5-8H,3-4H2,1-2H3. The van der Waals surface area contributed by atoms with Crippen LogP contribution in [0.2, 0.25) is 0 Å². The topological polar surface area (TPSA) is 52.3 Å². The van der Waals surface area contributed by atoms with E-state index in [9.17, 15) is 0 Å². The monoisotopic (exact) mass is 206 g/mol. The summed E-state index contributed by atoms with van der Waals surface area (Å²) in [6.45, 7) is 4.21. The van der Waals surface area contributed by atoms with E-state index in [0.29, 0.717) is 5.88 Å². The summed E-state index contributed by atoms with van der Waals surface area (Å²) in [6, 6.07) is 3.67. The normalized spacial score (nSPS) is 11.1. The van der Waals surface area contributed by atoms with Gasteiger partial charge in [0.1, 0.15) is 6.33 Å². The quantitative estimate of drug-likeness (QED) is 0.763. The lowest BCUT2D eigenvalue weighted by atomic mass is 10.2. The van der Waals surface area contributed by atoms with Gasteiger partial charge in [-0.25, -0.2) is 0 Å². The molecule has 2 aromatic rings. The molecule has 0 aliphatic carbocycles. The molecule has 5 nitrogen and oxygen atoms in total. The molecule has 2 aromatic heterocycles. The number of fused-ring (bicyclic) bond motifs is 1. The van der Waals surface area contributed by atoms with Gasteiger partial charge in [-0.1, -0.05) is 13.8 Å². The number of aromatic nitrogens is 4. The average Bonchev–Trinajstić information content (AvgIpc) is 2.73. The fraction of sp³-hybridized carbons (Fsp3) is 0.500. The van der Waals surface area contributed by atoms with Crippen LogP contribution in [0.4, 0.5) is 0 Å². The Morgan fingerprint density at radius 3 is 2.87 bits per heavy atom. The van der Waals surface area contributed by atoms with Crippen LogP contribution in [0.1, 0.15) is 26.7 Å². The zero-order valence-corrected chi connectivity index (χ0v) is 8.92. The molecule has 0 bridgehead atoms. The van der Waals surface area contributed by atoms with Crippen molar-refractivity contribution in [3.05, 3.63) is 18.5 Å². The highest BCUT2D eigenvalue weighted by Crippen LogP contribution is 2.12. The maximum absolute atomic E-state index is 5.70. The largest absolute Gasteiger partial charge is 0.473 e. The van der Waals surface area contributed by atoms with Gasteiger partial charge in [-0.15, -0.1) is 15.3 Å². The Morgan fingerprint density at radius 1 is 1.33 bits per heavy atom. The number of rotatable bonds is 4. The van der Waals surface area contributed by atoms with Gasteiger partial charge in [-0.3, -0.25) is 0 Å². The number of nitrogens with zero attached hydrogens (tertiary/aromatic N) is 4. The van der Waals surface area contributed by atoms with E-state index in [-0.39, 0.29) is 6.10 Å². The van der Waals surface area contributed by atoms with Crippen LogP contribution >= 0.6 is 0 Å². The van der Waals surface area contributed by atoms with Crippen molar-refractivity contribution >= 4 is 5.65 Å². The first kappa shape index (κ1) is 9.89. The molecule has 0 amide bonds. The number of ether oxygens (including phenoxy) is 1. The first-order valence-electron chi connectivity index (χ1n) is 5.17. The van der Waals surface area contributed by atoms with Crippen LogP contribution in [0.15, 0.2) is 18.5 Å². The lowest BCUT2D eigenvalue weighted by molar-refractivity contribution is 0.182. The van der Waals surface area contributed by atoms with Gasteiger partial charge in [-0.2, -0.15) is 4.52 Å². The molecule has 0 aliphatic heterocycles. The second-order valence-electron chi connectivity index (χ2n) is 3.36. The van der Waals surface area contributed by atoms with Crippen molar-refractivity contribution in [2.45, 2.75) is 32.8 Å². The number of hydrogen-bond acceptors (Lipinski definition) is 4. The Balaban J connectivity index is 2.20. The summed E-state index contributed by atoms with van der Waals surface area (Å²) in [5, 5.41) is 11.9. The summed E-state index contributed by atoms with van der Waals surface area (Å²) in [5.41, 5.74) is 0.729. The molecule has 0 spiro atoms. The SMILES string of the molecule is CCC(CC)Oc1ccc2nncn2n1. The van der Waals surface area contributed by atoms with Gasteiger partial charge in [0.2, 0.25) is 5.88 Å². The average molecular weight is 206 g/mol. The third-order valence-corrected chi connectivity index (χ3v) is 2.34. The van der Waals surface area contributed by atoms with Gasteiger partial charge < -0.3 is 4.74 Å². The minimum absolute atomic E-state index is 0.228. The molecule has 0 unspecified atom stereocenters. The van der Waals surface area contributed by atoms with Crippen molar-refractivity contribution in [1.82, 2.24) is 19.8 Å². The van der Waals surface area contributed by atoms with Crippen molar-refractivity contribution in [3.63, 3.8) is 0 Å². The van der Waals surface area contributed by atoms with Crippen molar-refractivity contribution in [2.75, 3.05) is 0 Å². The Bertz CT molecular complexity index is 436. The summed E-state index contributed by atoms with van der Waals surface area (Å²) >= 11 is 0. The molecule has 0 fully saturated rings. The van der Waals surface area contributed by atoms with E-state index in [1.807, 2.05) is 12.1 Å². The Labute approximate surface area is 88.1 Å². The number of hydrogen-bond donors (Lipinski definition) is 0. The van der Waals surface area contributed by atoms with Crippen LogP contribution in [0.25, 0.3) is 5.65 Å². The van der Waals surface area contributed by atoms with E-state index < -0.39 is 0 Å². The lowest BCUT2D eigenvalue weighted by Gasteiger charge is -2.14. The van der Waals surface area contributed by atoms with Gasteiger partial charge in [0.15, 0.2) is 5.65 Å². The minimum Gasteiger partial charge on any atom is -0.473 e. The molecule has 5 heteroatoms. The van der Waals surface area contributed by atoms with Crippen molar-refractivity contribution in [3.8, 4) is 5.88 Å². The highest BCUT2D eigenvalue weighted by molar-refractivity contribution is 5.35. The minimum atomic E-state index is 0.228. The zero-order valence-electron chi connectivity index (χ0n) is 8.92. The van der Waals surface area contributed by atoms with Gasteiger partial charge in [0.05, 0.1) is 6.10 Å². The maximum Gasteiger partial charge on any atom is 0.232 e. The van der Waals surface area contributed by atoms with E-state index >= 15 is 0 Å². The first-order chi connectivity index (χ1) is 7.33. The van der Waals surface area contributed by atoms with E-state index in [0.717, 1.165) is 18.5 Å². The van der Waals surface area contributed by atoms with Gasteiger partial charge in [0.25, 0.3) is 0 Å². The van der Waals surface area contributed by atoms with Crippen LogP contribution in [-0.4, -0.2) is 25.9 Å². The third kappa shape index (κ3) is 2.06. The van der Waals surface area contributed by atoms with Gasteiger partial charge in [-0.05, 0) is 18.9 Å². The molecule has 0 radical (unpaired) electrons. The molecule has 2 rings (SSSR count). The molecular formula is C10H14N4O. The van der Waals surface area contributed by atoms with E-state index in [1.165, 1.54) is 0 Å². The van der Waals surface area contributed by atoms with Gasteiger partial charge >= 0.3 is 0 Å².